The minimum atomic E-state index is -1.52. The third-order valence-electron chi connectivity index (χ3n) is 8.90. The minimum Gasteiger partial charge on any atom is -0.352 e. The highest BCUT2D eigenvalue weighted by atomic mass is 19.3. The van der Waals surface area contributed by atoms with Crippen LogP contribution in [-0.4, -0.2) is 19.5 Å². The zero-order chi connectivity index (χ0) is 20.8. The maximum absolute atomic E-state index is 12.2. The molecule has 2 nitrogen and oxygen atoms in total. The first-order valence-corrected chi connectivity index (χ1v) is 12.9. The quantitative estimate of drug-likeness (QED) is 0.434. The Bertz CT molecular complexity index is 517. The second-order valence-corrected chi connectivity index (χ2v) is 10.7. The van der Waals surface area contributed by atoms with Crippen LogP contribution in [-0.2, 0) is 9.47 Å². The molecular formula is C26H42F2O2. The Morgan fingerprint density at radius 3 is 1.77 bits per heavy atom. The van der Waals surface area contributed by atoms with Gasteiger partial charge >= 0.3 is 0 Å². The largest absolute Gasteiger partial charge is 0.352 e. The third-order valence-corrected chi connectivity index (χ3v) is 8.90. The molecule has 0 unspecified atom stereocenters. The molecule has 0 radical (unpaired) electrons. The lowest BCUT2D eigenvalue weighted by Gasteiger charge is -2.42. The van der Waals surface area contributed by atoms with Gasteiger partial charge in [0.05, 0.1) is 13.2 Å². The molecule has 0 aromatic carbocycles. The second kappa shape index (κ2) is 11.4. The van der Waals surface area contributed by atoms with Gasteiger partial charge in [0.1, 0.15) is 0 Å². The molecule has 0 aromatic rings. The molecule has 1 aliphatic heterocycles. The lowest BCUT2D eigenvalue weighted by molar-refractivity contribution is -0.237. The van der Waals surface area contributed by atoms with Gasteiger partial charge in [-0.2, -0.15) is 8.78 Å². The van der Waals surface area contributed by atoms with Gasteiger partial charge in [0.2, 0.25) is 0 Å². The molecule has 3 aliphatic carbocycles. The molecule has 4 fully saturated rings. The third kappa shape index (κ3) is 6.28. The van der Waals surface area contributed by atoms with Crippen LogP contribution in [0.3, 0.4) is 0 Å². The van der Waals surface area contributed by atoms with E-state index in [0.717, 1.165) is 43.5 Å². The van der Waals surface area contributed by atoms with Crippen molar-refractivity contribution < 1.29 is 18.3 Å². The summed E-state index contributed by atoms with van der Waals surface area (Å²) >= 11 is 0. The van der Waals surface area contributed by atoms with E-state index in [1.807, 2.05) is 0 Å². The van der Waals surface area contributed by atoms with Crippen molar-refractivity contribution in [3.05, 3.63) is 12.2 Å². The van der Waals surface area contributed by atoms with Crippen molar-refractivity contribution in [3.63, 3.8) is 0 Å². The molecule has 0 N–H and O–H groups in total. The molecule has 4 rings (SSSR count). The van der Waals surface area contributed by atoms with Crippen LogP contribution in [0.25, 0.3) is 0 Å². The van der Waals surface area contributed by atoms with Gasteiger partial charge in [-0.25, -0.2) is 0 Å². The molecular weight excluding hydrogens is 382 g/mol. The van der Waals surface area contributed by atoms with E-state index in [-0.39, 0.29) is 6.29 Å². The first-order chi connectivity index (χ1) is 14.7. The molecule has 3 saturated carbocycles. The molecule has 0 aromatic heterocycles. The maximum Gasteiger partial charge on any atom is 0.266 e. The van der Waals surface area contributed by atoms with E-state index in [9.17, 15) is 8.78 Å². The van der Waals surface area contributed by atoms with Gasteiger partial charge < -0.3 is 9.47 Å². The van der Waals surface area contributed by atoms with Gasteiger partial charge in [0.25, 0.3) is 6.08 Å². The highest BCUT2D eigenvalue weighted by Gasteiger charge is 2.37. The van der Waals surface area contributed by atoms with Crippen LogP contribution in [0, 0.1) is 35.5 Å². The SMILES string of the molecule is FC(F)=CCCC1CCC(C2CCC(C3OCC(C4CCCCC4)CO3)CC2)CC1. The van der Waals surface area contributed by atoms with E-state index in [0.29, 0.717) is 24.2 Å². The fraction of sp³-hybridized carbons (Fsp3) is 0.923. The van der Waals surface area contributed by atoms with Gasteiger partial charge in [-0.05, 0) is 81.1 Å². The maximum atomic E-state index is 12.2. The highest BCUT2D eigenvalue weighted by Crippen LogP contribution is 2.44. The van der Waals surface area contributed by atoms with E-state index in [2.05, 4.69) is 0 Å². The van der Waals surface area contributed by atoms with Crippen LogP contribution in [0.1, 0.15) is 96.3 Å². The zero-order valence-corrected chi connectivity index (χ0v) is 18.7. The smallest absolute Gasteiger partial charge is 0.266 e. The number of halogens is 2. The van der Waals surface area contributed by atoms with Crippen molar-refractivity contribution in [1.82, 2.24) is 0 Å². The molecule has 30 heavy (non-hydrogen) atoms. The van der Waals surface area contributed by atoms with Crippen LogP contribution < -0.4 is 0 Å². The van der Waals surface area contributed by atoms with Gasteiger partial charge in [-0.3, -0.25) is 0 Å². The fourth-order valence-corrected chi connectivity index (χ4v) is 6.95. The second-order valence-electron chi connectivity index (χ2n) is 10.7. The number of hydrogen-bond acceptors (Lipinski definition) is 2. The summed E-state index contributed by atoms with van der Waals surface area (Å²) in [5, 5.41) is 0. The summed E-state index contributed by atoms with van der Waals surface area (Å²) in [6, 6.07) is 0. The Kier molecular flexibility index (Phi) is 8.63. The minimum absolute atomic E-state index is 0.0467. The Morgan fingerprint density at radius 2 is 1.17 bits per heavy atom. The molecule has 0 bridgehead atoms. The Balaban J connectivity index is 1.13. The average Bonchev–Trinajstić information content (AvgIpc) is 2.80. The van der Waals surface area contributed by atoms with E-state index in [1.165, 1.54) is 83.5 Å². The van der Waals surface area contributed by atoms with Crippen molar-refractivity contribution in [2.45, 2.75) is 103 Å². The monoisotopic (exact) mass is 424 g/mol. The first-order valence-electron chi connectivity index (χ1n) is 12.9. The zero-order valence-electron chi connectivity index (χ0n) is 18.7. The lowest BCUT2D eigenvalue weighted by Crippen LogP contribution is -2.41. The van der Waals surface area contributed by atoms with Crippen LogP contribution in [0.15, 0.2) is 12.2 Å². The summed E-state index contributed by atoms with van der Waals surface area (Å²) in [6.45, 7) is 1.83. The van der Waals surface area contributed by atoms with Crippen molar-refractivity contribution in [3.8, 4) is 0 Å². The Hall–Kier alpha value is -0.480. The number of rotatable bonds is 6. The summed E-state index contributed by atoms with van der Waals surface area (Å²) in [6.07, 6.45) is 18.3. The van der Waals surface area contributed by atoms with Crippen molar-refractivity contribution in [2.24, 2.45) is 35.5 Å². The topological polar surface area (TPSA) is 18.5 Å². The summed E-state index contributed by atoms with van der Waals surface area (Å²) in [5.74, 6) is 4.44. The van der Waals surface area contributed by atoms with E-state index in [4.69, 9.17) is 9.47 Å². The Morgan fingerprint density at radius 1 is 0.633 bits per heavy atom. The van der Waals surface area contributed by atoms with E-state index < -0.39 is 6.08 Å². The normalized spacial score (nSPS) is 38.9. The van der Waals surface area contributed by atoms with Gasteiger partial charge in [-0.15, -0.1) is 0 Å². The average molecular weight is 425 g/mol. The van der Waals surface area contributed by atoms with Crippen LogP contribution in [0.2, 0.25) is 0 Å². The van der Waals surface area contributed by atoms with Crippen molar-refractivity contribution >= 4 is 0 Å². The predicted molar refractivity (Wildman–Crippen MR) is 116 cm³/mol. The predicted octanol–water partition coefficient (Wildman–Crippen LogP) is 7.73. The van der Waals surface area contributed by atoms with Gasteiger partial charge in [0, 0.05) is 11.8 Å². The standard InChI is InChI=1S/C26H42F2O2/c27-25(28)8-4-5-19-9-11-21(12-10-19)22-13-15-23(16-14-22)26-29-17-24(18-30-26)20-6-2-1-3-7-20/h8,19-24,26H,1-7,9-18H2. The molecule has 1 saturated heterocycles. The Labute approximate surface area is 182 Å². The number of ether oxygens (including phenoxy) is 2. The number of allylic oxidation sites excluding steroid dienone is 1. The van der Waals surface area contributed by atoms with Crippen LogP contribution in [0.4, 0.5) is 8.78 Å². The molecule has 0 amide bonds. The van der Waals surface area contributed by atoms with E-state index >= 15 is 0 Å². The molecule has 1 heterocycles. The number of hydrogen-bond donors (Lipinski definition) is 0. The summed E-state index contributed by atoms with van der Waals surface area (Å²) in [5.41, 5.74) is 0. The van der Waals surface area contributed by atoms with Gasteiger partial charge in [-0.1, -0.05) is 44.9 Å². The summed E-state index contributed by atoms with van der Waals surface area (Å²) in [7, 11) is 0. The fourth-order valence-electron chi connectivity index (χ4n) is 6.95. The highest BCUT2D eigenvalue weighted by molar-refractivity contribution is 4.86. The molecule has 4 aliphatic rings. The summed E-state index contributed by atoms with van der Waals surface area (Å²) in [4.78, 5) is 0. The van der Waals surface area contributed by atoms with Crippen molar-refractivity contribution in [1.29, 1.82) is 0 Å². The molecule has 0 atom stereocenters. The first kappa shape index (κ1) is 22.7. The van der Waals surface area contributed by atoms with E-state index in [1.54, 1.807) is 0 Å². The van der Waals surface area contributed by atoms with Crippen molar-refractivity contribution in [2.75, 3.05) is 13.2 Å². The van der Waals surface area contributed by atoms with Crippen LogP contribution in [0.5, 0.6) is 0 Å². The van der Waals surface area contributed by atoms with Crippen LogP contribution >= 0.6 is 0 Å². The molecule has 0 spiro atoms. The summed E-state index contributed by atoms with van der Waals surface area (Å²) < 4.78 is 36.9. The van der Waals surface area contributed by atoms with Gasteiger partial charge in [0.15, 0.2) is 6.29 Å². The molecule has 4 heteroatoms. The lowest BCUT2D eigenvalue weighted by atomic mass is 9.68. The molecule has 172 valence electrons.